The van der Waals surface area contributed by atoms with Gasteiger partial charge in [0.1, 0.15) is 0 Å². The highest BCUT2D eigenvalue weighted by Crippen LogP contribution is 2.34. The predicted octanol–water partition coefficient (Wildman–Crippen LogP) is 2.58. The highest BCUT2D eigenvalue weighted by Gasteiger charge is 2.26. The van der Waals surface area contributed by atoms with Crippen molar-refractivity contribution in [3.05, 3.63) is 53.1 Å². The monoisotopic (exact) mass is 341 g/mol. The van der Waals surface area contributed by atoms with Gasteiger partial charge in [-0.25, -0.2) is 4.79 Å². The normalized spacial score (nSPS) is 13.2. The predicted molar refractivity (Wildman–Crippen MR) is 92.2 cm³/mol. The molecule has 6 nitrogen and oxygen atoms in total. The molecule has 2 aromatic rings. The van der Waals surface area contributed by atoms with Gasteiger partial charge in [-0.2, -0.15) is 0 Å². The Bertz CT molecular complexity index is 813. The van der Waals surface area contributed by atoms with Gasteiger partial charge in [0.05, 0.1) is 39.9 Å². The molecular weight excluding hydrogens is 322 g/mol. The van der Waals surface area contributed by atoms with Crippen molar-refractivity contribution in [2.24, 2.45) is 0 Å². The summed E-state index contributed by atoms with van der Waals surface area (Å²) in [5, 5.41) is 0. The van der Waals surface area contributed by atoms with Crippen molar-refractivity contribution in [1.82, 2.24) is 0 Å². The smallest absolute Gasteiger partial charge is 0.337 e. The van der Waals surface area contributed by atoms with Gasteiger partial charge in [-0.15, -0.1) is 0 Å². The maximum Gasteiger partial charge on any atom is 0.337 e. The topological polar surface area (TPSA) is 65.1 Å². The maximum absolute atomic E-state index is 12.5. The van der Waals surface area contributed by atoms with Gasteiger partial charge in [0.2, 0.25) is 5.91 Å². The van der Waals surface area contributed by atoms with Crippen LogP contribution in [0, 0.1) is 0 Å². The van der Waals surface area contributed by atoms with Crippen LogP contribution in [0.1, 0.15) is 21.5 Å². The molecule has 0 radical (unpaired) electrons. The quantitative estimate of drug-likeness (QED) is 0.800. The molecule has 0 N–H and O–H groups in total. The first-order valence-corrected chi connectivity index (χ1v) is 7.80. The van der Waals surface area contributed by atoms with Gasteiger partial charge in [-0.1, -0.05) is 0 Å². The number of hydrogen-bond acceptors (Lipinski definition) is 5. The zero-order valence-electron chi connectivity index (χ0n) is 14.4. The summed E-state index contributed by atoms with van der Waals surface area (Å²) >= 11 is 0. The van der Waals surface area contributed by atoms with E-state index in [2.05, 4.69) is 0 Å². The number of ether oxygens (including phenoxy) is 3. The minimum absolute atomic E-state index is 0.00876. The number of anilines is 1. The average Bonchev–Trinajstić information content (AvgIpc) is 2.65. The van der Waals surface area contributed by atoms with Crippen molar-refractivity contribution < 1.29 is 23.8 Å². The Morgan fingerprint density at radius 1 is 0.960 bits per heavy atom. The highest BCUT2D eigenvalue weighted by atomic mass is 16.5. The number of carbonyl (C=O) groups is 2. The maximum atomic E-state index is 12.5. The zero-order chi connectivity index (χ0) is 18.0. The molecule has 2 aromatic carbocycles. The van der Waals surface area contributed by atoms with Gasteiger partial charge in [0.25, 0.3) is 0 Å². The Morgan fingerprint density at radius 2 is 1.56 bits per heavy atom. The number of nitrogens with zero attached hydrogens (tertiary/aromatic N) is 1. The molecule has 130 valence electrons. The molecular formula is C19H19NO5. The molecule has 0 unspecified atom stereocenters. The van der Waals surface area contributed by atoms with Gasteiger partial charge in [-0.3, -0.25) is 4.79 Å². The van der Waals surface area contributed by atoms with Crippen molar-refractivity contribution in [2.45, 2.75) is 13.0 Å². The van der Waals surface area contributed by atoms with Crippen LogP contribution in [-0.4, -0.2) is 33.2 Å². The lowest BCUT2D eigenvalue weighted by molar-refractivity contribution is -0.118. The van der Waals surface area contributed by atoms with E-state index in [1.807, 2.05) is 12.1 Å². The molecule has 1 aliphatic rings. The number of fused-ring (bicyclic) bond motifs is 1. The highest BCUT2D eigenvalue weighted by molar-refractivity contribution is 5.97. The number of benzene rings is 2. The summed E-state index contributed by atoms with van der Waals surface area (Å²) in [6.07, 6.45) is 0.286. The molecule has 0 aromatic heterocycles. The first-order chi connectivity index (χ1) is 12.1. The minimum atomic E-state index is -0.404. The first-order valence-electron chi connectivity index (χ1n) is 7.80. The lowest BCUT2D eigenvalue weighted by atomic mass is 9.97. The van der Waals surface area contributed by atoms with E-state index in [0.29, 0.717) is 23.6 Å². The Morgan fingerprint density at radius 3 is 2.12 bits per heavy atom. The van der Waals surface area contributed by atoms with Gasteiger partial charge in [-0.05, 0) is 47.5 Å². The van der Waals surface area contributed by atoms with Crippen LogP contribution in [0.3, 0.4) is 0 Å². The Hall–Kier alpha value is -3.02. The van der Waals surface area contributed by atoms with E-state index in [-0.39, 0.29) is 12.3 Å². The number of esters is 1. The molecule has 0 atom stereocenters. The van der Waals surface area contributed by atoms with Crippen LogP contribution in [0.5, 0.6) is 11.5 Å². The van der Waals surface area contributed by atoms with Crippen LogP contribution in [0.25, 0.3) is 0 Å². The van der Waals surface area contributed by atoms with Gasteiger partial charge in [0.15, 0.2) is 11.5 Å². The van der Waals surface area contributed by atoms with Crippen LogP contribution in [0.15, 0.2) is 36.4 Å². The summed E-state index contributed by atoms with van der Waals surface area (Å²) in [5.41, 5.74) is 3.12. The van der Waals surface area contributed by atoms with Crippen LogP contribution in [-0.2, 0) is 22.5 Å². The first kappa shape index (κ1) is 16.8. The van der Waals surface area contributed by atoms with Crippen molar-refractivity contribution in [2.75, 3.05) is 26.2 Å². The summed E-state index contributed by atoms with van der Waals surface area (Å²) < 4.78 is 15.3. The number of amides is 1. The lowest BCUT2D eigenvalue weighted by Gasteiger charge is -2.29. The molecule has 0 bridgehead atoms. The van der Waals surface area contributed by atoms with Crippen molar-refractivity contribution >= 4 is 17.6 Å². The molecule has 0 saturated heterocycles. The van der Waals surface area contributed by atoms with Gasteiger partial charge in [0, 0.05) is 5.69 Å². The number of methoxy groups -OCH3 is 3. The fraction of sp³-hybridized carbons (Fsp3) is 0.263. The summed E-state index contributed by atoms with van der Waals surface area (Å²) in [6, 6.07) is 10.5. The summed E-state index contributed by atoms with van der Waals surface area (Å²) in [4.78, 5) is 25.8. The zero-order valence-corrected chi connectivity index (χ0v) is 14.4. The van der Waals surface area contributed by atoms with E-state index in [0.717, 1.165) is 16.8 Å². The van der Waals surface area contributed by atoms with E-state index >= 15 is 0 Å². The van der Waals surface area contributed by atoms with Gasteiger partial charge < -0.3 is 19.1 Å². The average molecular weight is 341 g/mol. The Labute approximate surface area is 145 Å². The standard InChI is InChI=1S/C19H19NO5/c1-23-16-8-13-10-18(21)20(11-14(13)9-17(16)24-2)15-6-4-12(5-7-15)19(22)25-3/h4-9H,10-11H2,1-3H3. The fourth-order valence-corrected chi connectivity index (χ4v) is 2.92. The molecule has 25 heavy (non-hydrogen) atoms. The van der Waals surface area contributed by atoms with E-state index in [1.54, 1.807) is 43.4 Å². The summed E-state index contributed by atoms with van der Waals surface area (Å²) in [6.45, 7) is 0.437. The third-order valence-corrected chi connectivity index (χ3v) is 4.28. The molecule has 0 spiro atoms. The van der Waals surface area contributed by atoms with Gasteiger partial charge >= 0.3 is 5.97 Å². The van der Waals surface area contributed by atoms with Crippen LogP contribution in [0.2, 0.25) is 0 Å². The molecule has 6 heteroatoms. The molecule has 1 heterocycles. The number of carbonyl (C=O) groups excluding carboxylic acids is 2. The second-order valence-corrected chi connectivity index (χ2v) is 5.67. The second-order valence-electron chi connectivity index (χ2n) is 5.67. The third kappa shape index (κ3) is 3.15. The van der Waals surface area contributed by atoms with Crippen LogP contribution >= 0.6 is 0 Å². The van der Waals surface area contributed by atoms with E-state index in [9.17, 15) is 9.59 Å². The summed E-state index contributed by atoms with van der Waals surface area (Å²) in [5.74, 6) is 0.839. The number of rotatable bonds is 4. The molecule has 0 saturated carbocycles. The minimum Gasteiger partial charge on any atom is -0.493 e. The molecule has 0 aliphatic carbocycles. The Balaban J connectivity index is 1.91. The Kier molecular flexibility index (Phi) is 4.61. The van der Waals surface area contributed by atoms with Crippen molar-refractivity contribution in [3.63, 3.8) is 0 Å². The summed E-state index contributed by atoms with van der Waals surface area (Å²) in [7, 11) is 4.49. The van der Waals surface area contributed by atoms with E-state index < -0.39 is 5.97 Å². The molecule has 0 fully saturated rings. The van der Waals surface area contributed by atoms with Crippen molar-refractivity contribution in [1.29, 1.82) is 0 Å². The third-order valence-electron chi connectivity index (χ3n) is 4.28. The SMILES string of the molecule is COC(=O)c1ccc(N2Cc3cc(OC)c(OC)cc3CC2=O)cc1. The van der Waals surface area contributed by atoms with E-state index in [4.69, 9.17) is 14.2 Å². The fourth-order valence-electron chi connectivity index (χ4n) is 2.92. The molecule has 1 aliphatic heterocycles. The van der Waals surface area contributed by atoms with E-state index in [1.165, 1.54) is 7.11 Å². The molecule has 3 rings (SSSR count). The van der Waals surface area contributed by atoms with Crippen LogP contribution < -0.4 is 14.4 Å². The lowest BCUT2D eigenvalue weighted by Crippen LogP contribution is -2.36. The second kappa shape index (κ2) is 6.84. The molecule has 1 amide bonds. The largest absolute Gasteiger partial charge is 0.493 e. The number of hydrogen-bond donors (Lipinski definition) is 0. The van der Waals surface area contributed by atoms with Crippen molar-refractivity contribution in [3.8, 4) is 11.5 Å². The van der Waals surface area contributed by atoms with Crippen LogP contribution in [0.4, 0.5) is 5.69 Å².